The molecule has 1 fully saturated rings. The summed E-state index contributed by atoms with van der Waals surface area (Å²) in [5, 5.41) is 23.3. The Morgan fingerprint density at radius 1 is 1.20 bits per heavy atom. The van der Waals surface area contributed by atoms with E-state index in [2.05, 4.69) is 17.1 Å². The Labute approximate surface area is 121 Å². The highest BCUT2D eigenvalue weighted by Crippen LogP contribution is 2.37. The van der Waals surface area contributed by atoms with Crippen molar-refractivity contribution in [1.82, 2.24) is 10.2 Å². The van der Waals surface area contributed by atoms with Gasteiger partial charge in [0.2, 0.25) is 0 Å². The molecule has 2 rings (SSSR count). The molecule has 0 aromatic heterocycles. The zero-order valence-corrected chi connectivity index (χ0v) is 12.3. The maximum absolute atomic E-state index is 10.2. The van der Waals surface area contributed by atoms with E-state index in [0.29, 0.717) is 0 Å². The van der Waals surface area contributed by atoms with Crippen LogP contribution in [-0.2, 0) is 0 Å². The van der Waals surface area contributed by atoms with E-state index in [0.717, 1.165) is 44.6 Å². The van der Waals surface area contributed by atoms with Crippen molar-refractivity contribution in [3.05, 3.63) is 23.8 Å². The number of rotatable bonds is 6. The number of benzene rings is 1. The minimum absolute atomic E-state index is 0.0156. The first kappa shape index (κ1) is 15.1. The van der Waals surface area contributed by atoms with E-state index >= 15 is 0 Å². The highest BCUT2D eigenvalue weighted by atomic mass is 16.3. The Morgan fingerprint density at radius 2 is 1.95 bits per heavy atom. The van der Waals surface area contributed by atoms with Crippen LogP contribution in [0.1, 0.15) is 44.2 Å². The molecule has 0 amide bonds. The Bertz CT molecular complexity index is 417. The monoisotopic (exact) mass is 278 g/mol. The van der Waals surface area contributed by atoms with Gasteiger partial charge in [-0.2, -0.15) is 0 Å². The molecule has 4 nitrogen and oxygen atoms in total. The summed E-state index contributed by atoms with van der Waals surface area (Å²) >= 11 is 0. The quantitative estimate of drug-likeness (QED) is 0.553. The maximum atomic E-state index is 10.2. The van der Waals surface area contributed by atoms with Crippen LogP contribution in [0.25, 0.3) is 0 Å². The lowest BCUT2D eigenvalue weighted by molar-refractivity contribution is 0.159. The molecule has 0 radical (unpaired) electrons. The van der Waals surface area contributed by atoms with Gasteiger partial charge >= 0.3 is 0 Å². The predicted molar refractivity (Wildman–Crippen MR) is 81.1 cm³/mol. The van der Waals surface area contributed by atoms with Gasteiger partial charge < -0.3 is 15.5 Å². The average Bonchev–Trinajstić information content (AvgIpc) is 2.48. The molecule has 20 heavy (non-hydrogen) atoms. The average molecular weight is 278 g/mol. The first-order chi connectivity index (χ1) is 9.74. The van der Waals surface area contributed by atoms with E-state index in [1.807, 2.05) is 12.1 Å². The predicted octanol–water partition coefficient (Wildman–Crippen LogP) is 2.62. The fraction of sp³-hybridized carbons (Fsp3) is 0.625. The third-order valence-corrected chi connectivity index (χ3v) is 4.08. The normalized spacial score (nSPS) is 18.1. The van der Waals surface area contributed by atoms with Crippen molar-refractivity contribution < 1.29 is 10.2 Å². The molecule has 1 aromatic rings. The molecule has 1 saturated heterocycles. The molecule has 4 heteroatoms. The van der Waals surface area contributed by atoms with Gasteiger partial charge in [-0.1, -0.05) is 38.3 Å². The zero-order valence-electron chi connectivity index (χ0n) is 12.3. The summed E-state index contributed by atoms with van der Waals surface area (Å²) in [7, 11) is 0. The van der Waals surface area contributed by atoms with Crippen LogP contribution in [-0.4, -0.2) is 41.3 Å². The minimum atomic E-state index is -0.0156. The molecular formula is C16H26N2O2. The van der Waals surface area contributed by atoms with Crippen LogP contribution in [0.3, 0.4) is 0 Å². The van der Waals surface area contributed by atoms with E-state index in [1.165, 1.54) is 12.8 Å². The second-order valence-corrected chi connectivity index (χ2v) is 5.51. The third-order valence-electron chi connectivity index (χ3n) is 4.08. The van der Waals surface area contributed by atoms with Gasteiger partial charge in [0, 0.05) is 37.8 Å². The van der Waals surface area contributed by atoms with Gasteiger partial charge in [-0.3, -0.25) is 4.90 Å². The highest BCUT2D eigenvalue weighted by Gasteiger charge is 2.24. The van der Waals surface area contributed by atoms with Crippen LogP contribution < -0.4 is 5.32 Å². The van der Waals surface area contributed by atoms with Crippen LogP contribution >= 0.6 is 0 Å². The number of hydrogen-bond donors (Lipinski definition) is 3. The largest absolute Gasteiger partial charge is 0.504 e. The summed E-state index contributed by atoms with van der Waals surface area (Å²) in [6, 6.07) is 5.50. The number of phenolic OH excluding ortho intramolecular Hbond substituents is 2. The van der Waals surface area contributed by atoms with Gasteiger partial charge in [-0.15, -0.1) is 0 Å². The van der Waals surface area contributed by atoms with Gasteiger partial charge in [0.15, 0.2) is 11.5 Å². The SMILES string of the molecule is CCCCC[C@H](c1cccc(O)c1O)N1CCNCC1. The number of unbranched alkanes of at least 4 members (excludes halogenated alkanes) is 2. The summed E-state index contributed by atoms with van der Waals surface area (Å²) in [6.07, 6.45) is 4.59. The number of para-hydroxylation sites is 1. The summed E-state index contributed by atoms with van der Waals surface area (Å²) in [6.45, 7) is 6.16. The van der Waals surface area contributed by atoms with Crippen LogP contribution in [0.2, 0.25) is 0 Å². The van der Waals surface area contributed by atoms with E-state index in [9.17, 15) is 10.2 Å². The maximum Gasteiger partial charge on any atom is 0.162 e. The van der Waals surface area contributed by atoms with Crippen molar-refractivity contribution in [1.29, 1.82) is 0 Å². The van der Waals surface area contributed by atoms with Crippen LogP contribution in [0.5, 0.6) is 11.5 Å². The summed E-state index contributed by atoms with van der Waals surface area (Å²) in [4.78, 5) is 2.42. The molecular weight excluding hydrogens is 252 g/mol. The lowest BCUT2D eigenvalue weighted by atomic mass is 9.97. The molecule has 0 saturated carbocycles. The molecule has 0 aliphatic carbocycles. The fourth-order valence-electron chi connectivity index (χ4n) is 2.93. The van der Waals surface area contributed by atoms with Gasteiger partial charge in [-0.25, -0.2) is 0 Å². The zero-order chi connectivity index (χ0) is 14.4. The lowest BCUT2D eigenvalue weighted by Gasteiger charge is -2.35. The summed E-state index contributed by atoms with van der Waals surface area (Å²) in [5.74, 6) is 0.0330. The van der Waals surface area contributed by atoms with Gasteiger partial charge in [-0.05, 0) is 12.5 Å². The Balaban J connectivity index is 2.17. The Kier molecular flexibility index (Phi) is 5.68. The topological polar surface area (TPSA) is 55.7 Å². The van der Waals surface area contributed by atoms with Gasteiger partial charge in [0.25, 0.3) is 0 Å². The molecule has 0 spiro atoms. The van der Waals surface area contributed by atoms with Crippen molar-refractivity contribution in [3.63, 3.8) is 0 Å². The number of hydrogen-bond acceptors (Lipinski definition) is 4. The van der Waals surface area contributed by atoms with E-state index in [4.69, 9.17) is 0 Å². The lowest BCUT2D eigenvalue weighted by Crippen LogP contribution is -2.45. The highest BCUT2D eigenvalue weighted by molar-refractivity contribution is 5.46. The van der Waals surface area contributed by atoms with Crippen molar-refractivity contribution in [2.75, 3.05) is 26.2 Å². The summed E-state index contributed by atoms with van der Waals surface area (Å²) < 4.78 is 0. The molecule has 112 valence electrons. The van der Waals surface area contributed by atoms with Gasteiger partial charge in [0.1, 0.15) is 0 Å². The number of piperazine rings is 1. The van der Waals surface area contributed by atoms with E-state index in [1.54, 1.807) is 6.07 Å². The standard InChI is InChI=1S/C16H26N2O2/c1-2-3-4-7-14(18-11-9-17-10-12-18)13-6-5-8-15(19)16(13)20/h5-6,8,14,17,19-20H,2-4,7,9-12H2,1H3/t14-/m1/s1. The van der Waals surface area contributed by atoms with Crippen LogP contribution in [0.15, 0.2) is 18.2 Å². The second kappa shape index (κ2) is 7.50. The molecule has 0 unspecified atom stereocenters. The molecule has 1 atom stereocenters. The minimum Gasteiger partial charge on any atom is -0.504 e. The van der Waals surface area contributed by atoms with Crippen molar-refractivity contribution in [3.8, 4) is 11.5 Å². The van der Waals surface area contributed by atoms with E-state index < -0.39 is 0 Å². The van der Waals surface area contributed by atoms with Crippen molar-refractivity contribution in [2.24, 2.45) is 0 Å². The van der Waals surface area contributed by atoms with Crippen molar-refractivity contribution in [2.45, 2.75) is 38.6 Å². The number of aromatic hydroxyl groups is 2. The summed E-state index contributed by atoms with van der Waals surface area (Å²) in [5.41, 5.74) is 0.864. The molecule has 1 heterocycles. The van der Waals surface area contributed by atoms with Crippen molar-refractivity contribution >= 4 is 0 Å². The van der Waals surface area contributed by atoms with E-state index in [-0.39, 0.29) is 17.5 Å². The molecule has 3 N–H and O–H groups in total. The second-order valence-electron chi connectivity index (χ2n) is 5.51. The molecule has 0 bridgehead atoms. The molecule has 1 aliphatic rings. The first-order valence-corrected chi connectivity index (χ1v) is 7.69. The van der Waals surface area contributed by atoms with Gasteiger partial charge in [0.05, 0.1) is 0 Å². The Hall–Kier alpha value is -1.26. The number of nitrogens with zero attached hydrogens (tertiary/aromatic N) is 1. The number of nitrogens with one attached hydrogen (secondary N) is 1. The first-order valence-electron chi connectivity index (χ1n) is 7.69. The van der Waals surface area contributed by atoms with Crippen LogP contribution in [0, 0.1) is 0 Å². The molecule has 1 aliphatic heterocycles. The smallest absolute Gasteiger partial charge is 0.162 e. The Morgan fingerprint density at radius 3 is 2.65 bits per heavy atom. The molecule has 1 aromatic carbocycles. The fourth-order valence-corrected chi connectivity index (χ4v) is 2.93. The number of phenols is 2. The van der Waals surface area contributed by atoms with Crippen LogP contribution in [0.4, 0.5) is 0 Å². The third kappa shape index (κ3) is 3.64.